The second-order valence-electron chi connectivity index (χ2n) is 7.52. The molecule has 168 valence electrons. The van der Waals surface area contributed by atoms with Gasteiger partial charge in [0.2, 0.25) is 0 Å². The standard InChI is InChI=1S/C27H26P2.C2H4O2/c1-5-14-24(15-6-1)28(25-16-7-2-8-17-25)22-13-23-29(26-18-9-3-10-19-26)27-20-11-4-12-21-27;1-2(3)4/h1-12,14-21H,13,22-23H2;1H3,(H,3,4). The Hall–Kier alpha value is -2.79. The first-order chi connectivity index (χ1) is 16.1. The zero-order chi connectivity index (χ0) is 23.3. The van der Waals surface area contributed by atoms with Gasteiger partial charge in [-0.15, -0.1) is 0 Å². The molecule has 0 aliphatic rings. The maximum absolute atomic E-state index is 9.00. The van der Waals surface area contributed by atoms with Gasteiger partial charge in [-0.25, -0.2) is 0 Å². The van der Waals surface area contributed by atoms with E-state index in [1.54, 1.807) is 0 Å². The van der Waals surface area contributed by atoms with Crippen LogP contribution >= 0.6 is 15.8 Å². The summed E-state index contributed by atoms with van der Waals surface area (Å²) in [4.78, 5) is 9.00. The Labute approximate surface area is 199 Å². The molecule has 4 heteroatoms. The Bertz CT molecular complexity index is 906. The molecule has 0 saturated heterocycles. The van der Waals surface area contributed by atoms with Crippen molar-refractivity contribution in [1.29, 1.82) is 0 Å². The lowest BCUT2D eigenvalue weighted by Gasteiger charge is -2.22. The average molecular weight is 473 g/mol. The number of rotatable bonds is 8. The summed E-state index contributed by atoms with van der Waals surface area (Å²) in [6, 6.07) is 44.3. The van der Waals surface area contributed by atoms with Gasteiger partial charge < -0.3 is 5.11 Å². The van der Waals surface area contributed by atoms with Gasteiger partial charge in [0.05, 0.1) is 0 Å². The average Bonchev–Trinajstić information content (AvgIpc) is 2.86. The van der Waals surface area contributed by atoms with Crippen LogP contribution in [0.1, 0.15) is 13.3 Å². The summed E-state index contributed by atoms with van der Waals surface area (Å²) in [5.41, 5.74) is 0. The Morgan fingerprint density at radius 2 is 0.758 bits per heavy atom. The highest BCUT2D eigenvalue weighted by Crippen LogP contribution is 2.39. The fraction of sp³-hybridized carbons (Fsp3) is 0.138. The Morgan fingerprint density at radius 1 is 0.545 bits per heavy atom. The smallest absolute Gasteiger partial charge is 0.300 e. The molecule has 0 atom stereocenters. The van der Waals surface area contributed by atoms with E-state index in [2.05, 4.69) is 121 Å². The summed E-state index contributed by atoms with van der Waals surface area (Å²) >= 11 is 0. The highest BCUT2D eigenvalue weighted by molar-refractivity contribution is 7.74. The SMILES string of the molecule is CC(=O)O.c1ccc(P(CCCP(c2ccccc2)c2ccccc2)c2ccccc2)cc1. The lowest BCUT2D eigenvalue weighted by molar-refractivity contribution is -0.134. The molecule has 0 saturated carbocycles. The van der Waals surface area contributed by atoms with Crippen molar-refractivity contribution in [2.45, 2.75) is 13.3 Å². The quantitative estimate of drug-likeness (QED) is 0.333. The van der Waals surface area contributed by atoms with E-state index in [1.807, 2.05) is 0 Å². The van der Waals surface area contributed by atoms with E-state index in [1.165, 1.54) is 40.0 Å². The van der Waals surface area contributed by atoms with Crippen molar-refractivity contribution in [3.63, 3.8) is 0 Å². The number of hydrogen-bond donors (Lipinski definition) is 1. The van der Waals surface area contributed by atoms with Crippen LogP contribution in [0.5, 0.6) is 0 Å². The fourth-order valence-corrected chi connectivity index (χ4v) is 8.59. The van der Waals surface area contributed by atoms with Crippen LogP contribution in [-0.4, -0.2) is 23.4 Å². The number of carboxylic acid groups (broad SMARTS) is 1. The normalized spacial score (nSPS) is 10.5. The molecule has 0 fully saturated rings. The Morgan fingerprint density at radius 3 is 0.970 bits per heavy atom. The van der Waals surface area contributed by atoms with Gasteiger partial charge in [0.1, 0.15) is 0 Å². The predicted octanol–water partition coefficient (Wildman–Crippen LogP) is 5.73. The van der Waals surface area contributed by atoms with Gasteiger partial charge in [0.15, 0.2) is 0 Å². The topological polar surface area (TPSA) is 37.3 Å². The molecule has 0 amide bonds. The van der Waals surface area contributed by atoms with Gasteiger partial charge in [0.25, 0.3) is 5.97 Å². The van der Waals surface area contributed by atoms with Crippen LogP contribution in [0.25, 0.3) is 0 Å². The van der Waals surface area contributed by atoms with Gasteiger partial charge in [-0.2, -0.15) is 0 Å². The molecule has 0 aliphatic carbocycles. The van der Waals surface area contributed by atoms with Crippen LogP contribution in [-0.2, 0) is 4.79 Å². The van der Waals surface area contributed by atoms with Crippen molar-refractivity contribution in [3.05, 3.63) is 121 Å². The first-order valence-corrected chi connectivity index (χ1v) is 14.2. The highest BCUT2D eigenvalue weighted by Gasteiger charge is 2.17. The second kappa shape index (κ2) is 13.7. The molecule has 2 nitrogen and oxygen atoms in total. The van der Waals surface area contributed by atoms with E-state index in [-0.39, 0.29) is 15.8 Å². The zero-order valence-electron chi connectivity index (χ0n) is 18.9. The lowest BCUT2D eigenvalue weighted by Crippen LogP contribution is -2.17. The van der Waals surface area contributed by atoms with Crippen LogP contribution in [0.2, 0.25) is 0 Å². The van der Waals surface area contributed by atoms with Crippen molar-refractivity contribution < 1.29 is 9.90 Å². The highest BCUT2D eigenvalue weighted by atomic mass is 31.1. The third-order valence-corrected chi connectivity index (χ3v) is 10.2. The van der Waals surface area contributed by atoms with Crippen molar-refractivity contribution in [1.82, 2.24) is 0 Å². The Kier molecular flexibility index (Phi) is 10.3. The van der Waals surface area contributed by atoms with Crippen molar-refractivity contribution in [3.8, 4) is 0 Å². The van der Waals surface area contributed by atoms with E-state index in [9.17, 15) is 0 Å². The van der Waals surface area contributed by atoms with Gasteiger partial charge >= 0.3 is 0 Å². The summed E-state index contributed by atoms with van der Waals surface area (Å²) < 4.78 is 0. The van der Waals surface area contributed by atoms with Crippen LogP contribution < -0.4 is 21.2 Å². The summed E-state index contributed by atoms with van der Waals surface area (Å²) in [6.07, 6.45) is 3.72. The summed E-state index contributed by atoms with van der Waals surface area (Å²) in [6.45, 7) is 1.08. The molecule has 0 bridgehead atoms. The molecule has 4 rings (SSSR count). The minimum Gasteiger partial charge on any atom is -0.481 e. The molecule has 0 spiro atoms. The Balaban J connectivity index is 0.000000709. The van der Waals surface area contributed by atoms with Crippen LogP contribution in [0.15, 0.2) is 121 Å². The molecule has 0 radical (unpaired) electrons. The molecule has 4 aromatic carbocycles. The third kappa shape index (κ3) is 8.25. The molecule has 0 aliphatic heterocycles. The molecular weight excluding hydrogens is 442 g/mol. The van der Waals surface area contributed by atoms with Crippen molar-refractivity contribution in [2.75, 3.05) is 12.3 Å². The number of carbonyl (C=O) groups is 1. The van der Waals surface area contributed by atoms with Crippen LogP contribution in [0.3, 0.4) is 0 Å². The molecule has 0 unspecified atom stereocenters. The van der Waals surface area contributed by atoms with Gasteiger partial charge in [-0.3, -0.25) is 4.79 Å². The minimum atomic E-state index is -0.833. The van der Waals surface area contributed by atoms with E-state index < -0.39 is 5.97 Å². The van der Waals surface area contributed by atoms with E-state index >= 15 is 0 Å². The van der Waals surface area contributed by atoms with Gasteiger partial charge in [0, 0.05) is 6.92 Å². The van der Waals surface area contributed by atoms with E-state index in [4.69, 9.17) is 9.90 Å². The molecule has 4 aromatic rings. The maximum atomic E-state index is 9.00. The molecular formula is C29H30O2P2. The second-order valence-corrected chi connectivity index (χ2v) is 12.2. The van der Waals surface area contributed by atoms with Gasteiger partial charge in [-0.05, 0) is 55.8 Å². The monoisotopic (exact) mass is 472 g/mol. The van der Waals surface area contributed by atoms with Crippen molar-refractivity contribution >= 4 is 43.0 Å². The number of benzene rings is 4. The van der Waals surface area contributed by atoms with Crippen LogP contribution in [0.4, 0.5) is 0 Å². The lowest BCUT2D eigenvalue weighted by atomic mass is 10.4. The maximum Gasteiger partial charge on any atom is 0.300 e. The first-order valence-electron chi connectivity index (χ1n) is 11.1. The molecule has 1 N–H and O–H groups in total. The summed E-state index contributed by atoms with van der Waals surface area (Å²) in [5, 5.41) is 13.4. The number of aliphatic carboxylic acids is 1. The fourth-order valence-electron chi connectivity index (χ4n) is 3.63. The van der Waals surface area contributed by atoms with Gasteiger partial charge in [-0.1, -0.05) is 121 Å². The minimum absolute atomic E-state index is 0.309. The number of carboxylic acids is 1. The zero-order valence-corrected chi connectivity index (χ0v) is 20.7. The third-order valence-electron chi connectivity index (χ3n) is 5.03. The molecule has 33 heavy (non-hydrogen) atoms. The predicted molar refractivity (Wildman–Crippen MR) is 146 cm³/mol. The number of hydrogen-bond acceptors (Lipinski definition) is 1. The first kappa shape index (κ1) is 24.8. The van der Waals surface area contributed by atoms with Crippen molar-refractivity contribution in [2.24, 2.45) is 0 Å². The largest absolute Gasteiger partial charge is 0.481 e. The molecule has 0 aromatic heterocycles. The summed E-state index contributed by atoms with van der Waals surface area (Å²) in [7, 11) is -0.618. The molecule has 0 heterocycles. The van der Waals surface area contributed by atoms with E-state index in [0.29, 0.717) is 0 Å². The van der Waals surface area contributed by atoms with E-state index in [0.717, 1.165) is 6.92 Å². The summed E-state index contributed by atoms with van der Waals surface area (Å²) in [5.74, 6) is -0.833. The van der Waals surface area contributed by atoms with Crippen LogP contribution in [0, 0.1) is 0 Å².